The van der Waals surface area contributed by atoms with Crippen molar-refractivity contribution in [3.05, 3.63) is 29.3 Å². The maximum absolute atomic E-state index is 12.3. The first kappa shape index (κ1) is 14.0. The summed E-state index contributed by atoms with van der Waals surface area (Å²) in [5, 5.41) is 9.46. The summed E-state index contributed by atoms with van der Waals surface area (Å²) in [5.41, 5.74) is 1.12. The molecule has 0 saturated carbocycles. The van der Waals surface area contributed by atoms with Crippen molar-refractivity contribution in [3.8, 4) is 0 Å². The van der Waals surface area contributed by atoms with Crippen molar-refractivity contribution < 1.29 is 18.3 Å². The lowest BCUT2D eigenvalue weighted by atomic mass is 10.1. The third-order valence-electron chi connectivity index (χ3n) is 3.32. The molecule has 0 aromatic heterocycles. The van der Waals surface area contributed by atoms with Gasteiger partial charge in [-0.25, -0.2) is 8.42 Å². The van der Waals surface area contributed by atoms with Gasteiger partial charge >= 0.3 is 0 Å². The molecule has 1 aromatic carbocycles. The van der Waals surface area contributed by atoms with Gasteiger partial charge in [0.05, 0.1) is 11.0 Å². The number of hydrogen-bond acceptors (Lipinski definition) is 4. The summed E-state index contributed by atoms with van der Waals surface area (Å²) < 4.78 is 23.1. The minimum absolute atomic E-state index is 0.140. The van der Waals surface area contributed by atoms with Crippen LogP contribution in [-0.2, 0) is 9.84 Å². The third-order valence-corrected chi connectivity index (χ3v) is 4.43. The van der Waals surface area contributed by atoms with E-state index in [1.165, 1.54) is 12.1 Å². The number of amides is 1. The minimum Gasteiger partial charge on any atom is -0.391 e. The molecule has 1 fully saturated rings. The highest BCUT2D eigenvalue weighted by molar-refractivity contribution is 7.90. The molecule has 0 aliphatic carbocycles. The third kappa shape index (κ3) is 2.96. The molecule has 1 aliphatic heterocycles. The zero-order valence-electron chi connectivity index (χ0n) is 11.0. The Morgan fingerprint density at radius 1 is 1.42 bits per heavy atom. The maximum atomic E-state index is 12.3. The molecule has 5 nitrogen and oxygen atoms in total. The first-order chi connectivity index (χ1) is 8.79. The van der Waals surface area contributed by atoms with Gasteiger partial charge in [-0.15, -0.1) is 0 Å². The fourth-order valence-corrected chi connectivity index (χ4v) is 2.81. The number of β-amino-alcohol motifs (C(OH)–C–C–N with tert-alkyl or cyclic N) is 1. The Hall–Kier alpha value is -1.40. The maximum Gasteiger partial charge on any atom is 0.254 e. The van der Waals surface area contributed by atoms with Gasteiger partial charge in [0.15, 0.2) is 9.84 Å². The molecule has 0 unspecified atom stereocenters. The summed E-state index contributed by atoms with van der Waals surface area (Å²) in [6.45, 7) is 2.58. The van der Waals surface area contributed by atoms with Crippen LogP contribution in [0.2, 0.25) is 0 Å². The van der Waals surface area contributed by atoms with Gasteiger partial charge in [0.1, 0.15) is 0 Å². The monoisotopic (exact) mass is 283 g/mol. The average Bonchev–Trinajstić information content (AvgIpc) is 2.74. The highest BCUT2D eigenvalue weighted by Crippen LogP contribution is 2.20. The van der Waals surface area contributed by atoms with E-state index in [-0.39, 0.29) is 10.8 Å². The molecule has 104 valence electrons. The lowest BCUT2D eigenvalue weighted by Gasteiger charge is -2.17. The zero-order chi connectivity index (χ0) is 14.2. The van der Waals surface area contributed by atoms with Gasteiger partial charge in [0.2, 0.25) is 0 Å². The second kappa shape index (κ2) is 4.94. The SMILES string of the molecule is Cc1ccc(S(C)(=O)=O)cc1C(=O)N1CC[C@H](O)C1. The van der Waals surface area contributed by atoms with Crippen molar-refractivity contribution >= 4 is 15.7 Å². The fourth-order valence-electron chi connectivity index (χ4n) is 2.16. The number of likely N-dealkylation sites (tertiary alicyclic amines) is 1. The summed E-state index contributed by atoms with van der Waals surface area (Å²) in [6, 6.07) is 4.55. The molecular formula is C13H17NO4S. The lowest BCUT2D eigenvalue weighted by molar-refractivity contribution is 0.0764. The van der Waals surface area contributed by atoms with Crippen LogP contribution in [0, 0.1) is 6.92 Å². The predicted molar refractivity (Wildman–Crippen MR) is 70.8 cm³/mol. The van der Waals surface area contributed by atoms with E-state index in [0.717, 1.165) is 11.8 Å². The molecule has 6 heteroatoms. The number of aryl methyl sites for hydroxylation is 1. The van der Waals surface area contributed by atoms with Gasteiger partial charge in [-0.2, -0.15) is 0 Å². The van der Waals surface area contributed by atoms with Crippen LogP contribution in [0.4, 0.5) is 0 Å². The largest absolute Gasteiger partial charge is 0.391 e. The molecule has 1 aliphatic rings. The number of aliphatic hydroxyl groups is 1. The number of aliphatic hydroxyl groups excluding tert-OH is 1. The molecule has 19 heavy (non-hydrogen) atoms. The van der Waals surface area contributed by atoms with Gasteiger partial charge in [-0.1, -0.05) is 6.07 Å². The van der Waals surface area contributed by atoms with Gasteiger partial charge < -0.3 is 10.0 Å². The van der Waals surface area contributed by atoms with E-state index in [1.54, 1.807) is 17.9 Å². The van der Waals surface area contributed by atoms with E-state index in [4.69, 9.17) is 0 Å². The Labute approximate surface area is 112 Å². The first-order valence-electron chi connectivity index (χ1n) is 6.07. The molecular weight excluding hydrogens is 266 g/mol. The Bertz CT molecular complexity index is 609. The van der Waals surface area contributed by atoms with Gasteiger partial charge in [0, 0.05) is 24.9 Å². The van der Waals surface area contributed by atoms with E-state index in [0.29, 0.717) is 25.1 Å². The van der Waals surface area contributed by atoms with Crippen LogP contribution in [0.5, 0.6) is 0 Å². The van der Waals surface area contributed by atoms with Crippen molar-refractivity contribution in [2.45, 2.75) is 24.3 Å². The van der Waals surface area contributed by atoms with Gasteiger partial charge in [-0.05, 0) is 31.0 Å². The molecule has 1 heterocycles. The molecule has 1 atom stereocenters. The number of benzene rings is 1. The lowest BCUT2D eigenvalue weighted by Crippen LogP contribution is -2.30. The topological polar surface area (TPSA) is 74.7 Å². The molecule has 0 radical (unpaired) electrons. The normalized spacial score (nSPS) is 19.7. The number of sulfone groups is 1. The summed E-state index contributed by atoms with van der Waals surface area (Å²) in [4.78, 5) is 14.0. The van der Waals surface area contributed by atoms with Crippen LogP contribution in [0.15, 0.2) is 23.1 Å². The molecule has 1 saturated heterocycles. The zero-order valence-corrected chi connectivity index (χ0v) is 11.8. The van der Waals surface area contributed by atoms with Crippen LogP contribution >= 0.6 is 0 Å². The van der Waals surface area contributed by atoms with E-state index < -0.39 is 15.9 Å². The van der Waals surface area contributed by atoms with Crippen LogP contribution < -0.4 is 0 Å². The van der Waals surface area contributed by atoms with E-state index in [2.05, 4.69) is 0 Å². The standard InChI is InChI=1S/C13H17NO4S/c1-9-3-4-11(19(2,17)18)7-12(9)13(16)14-6-5-10(15)8-14/h3-4,7,10,15H,5-6,8H2,1-2H3/t10-/m0/s1. The van der Waals surface area contributed by atoms with Crippen molar-refractivity contribution in [1.29, 1.82) is 0 Å². The molecule has 0 spiro atoms. The second-order valence-electron chi connectivity index (χ2n) is 4.94. The average molecular weight is 283 g/mol. The van der Waals surface area contributed by atoms with Crippen molar-refractivity contribution in [2.75, 3.05) is 19.3 Å². The quantitative estimate of drug-likeness (QED) is 0.862. The van der Waals surface area contributed by atoms with Crippen LogP contribution in [0.1, 0.15) is 22.3 Å². The minimum atomic E-state index is -3.33. The van der Waals surface area contributed by atoms with Crippen molar-refractivity contribution in [2.24, 2.45) is 0 Å². The van der Waals surface area contributed by atoms with E-state index in [9.17, 15) is 18.3 Å². The highest BCUT2D eigenvalue weighted by atomic mass is 32.2. The number of hydrogen-bond donors (Lipinski definition) is 1. The number of nitrogens with zero attached hydrogens (tertiary/aromatic N) is 1. The van der Waals surface area contributed by atoms with Crippen LogP contribution in [0.25, 0.3) is 0 Å². The second-order valence-corrected chi connectivity index (χ2v) is 6.96. The molecule has 1 N–H and O–H groups in total. The Morgan fingerprint density at radius 3 is 2.63 bits per heavy atom. The fraction of sp³-hybridized carbons (Fsp3) is 0.462. The molecule has 1 aromatic rings. The van der Waals surface area contributed by atoms with Gasteiger partial charge in [-0.3, -0.25) is 4.79 Å². The van der Waals surface area contributed by atoms with Crippen LogP contribution in [0.3, 0.4) is 0 Å². The highest BCUT2D eigenvalue weighted by Gasteiger charge is 2.26. The molecule has 2 rings (SSSR count). The smallest absolute Gasteiger partial charge is 0.254 e. The molecule has 0 bridgehead atoms. The predicted octanol–water partition coefficient (Wildman–Crippen LogP) is 0.605. The number of carbonyl (C=O) groups is 1. The van der Waals surface area contributed by atoms with Gasteiger partial charge in [0.25, 0.3) is 5.91 Å². The van der Waals surface area contributed by atoms with Crippen LogP contribution in [-0.4, -0.2) is 49.8 Å². The Kier molecular flexibility index (Phi) is 3.64. The number of carbonyl (C=O) groups excluding carboxylic acids is 1. The summed E-state index contributed by atoms with van der Waals surface area (Å²) in [5.74, 6) is -0.223. The number of rotatable bonds is 2. The summed E-state index contributed by atoms with van der Waals surface area (Å²) in [6.07, 6.45) is 1.20. The summed E-state index contributed by atoms with van der Waals surface area (Å²) in [7, 11) is -3.33. The summed E-state index contributed by atoms with van der Waals surface area (Å²) >= 11 is 0. The van der Waals surface area contributed by atoms with E-state index >= 15 is 0 Å². The van der Waals surface area contributed by atoms with Crippen molar-refractivity contribution in [3.63, 3.8) is 0 Å². The first-order valence-corrected chi connectivity index (χ1v) is 7.96. The van der Waals surface area contributed by atoms with E-state index in [1.807, 2.05) is 0 Å². The molecule has 1 amide bonds. The Morgan fingerprint density at radius 2 is 2.11 bits per heavy atom. The van der Waals surface area contributed by atoms with Crippen molar-refractivity contribution in [1.82, 2.24) is 4.90 Å². The Balaban J connectivity index is 2.36.